The summed E-state index contributed by atoms with van der Waals surface area (Å²) in [6.07, 6.45) is -0.262. The highest BCUT2D eigenvalue weighted by Gasteiger charge is 2.24. The first-order valence-corrected chi connectivity index (χ1v) is 10.5. The van der Waals surface area contributed by atoms with Crippen molar-refractivity contribution in [1.29, 1.82) is 0 Å². The van der Waals surface area contributed by atoms with E-state index < -0.39 is 6.10 Å². The fourth-order valence-corrected chi connectivity index (χ4v) is 3.79. The second-order valence-electron chi connectivity index (χ2n) is 6.80. The Balaban J connectivity index is 1.41. The van der Waals surface area contributed by atoms with Gasteiger partial charge >= 0.3 is 0 Å². The van der Waals surface area contributed by atoms with Crippen LogP contribution in [0, 0.1) is 0 Å². The Morgan fingerprint density at radius 2 is 2.07 bits per heavy atom. The summed E-state index contributed by atoms with van der Waals surface area (Å²) >= 11 is 1.35. The second-order valence-corrected chi connectivity index (χ2v) is 7.66. The highest BCUT2D eigenvalue weighted by molar-refractivity contribution is 7.14. The number of benzene rings is 2. The van der Waals surface area contributed by atoms with Gasteiger partial charge in [-0.3, -0.25) is 9.59 Å². The van der Waals surface area contributed by atoms with E-state index in [9.17, 15) is 9.59 Å². The molecular formula is C22H21N3O4S. The molecule has 0 saturated carbocycles. The number of amides is 2. The van der Waals surface area contributed by atoms with Gasteiger partial charge in [0.15, 0.2) is 11.2 Å². The molecule has 0 radical (unpaired) electrons. The van der Waals surface area contributed by atoms with Crippen LogP contribution in [0.3, 0.4) is 0 Å². The first kappa shape index (κ1) is 19.9. The van der Waals surface area contributed by atoms with Crippen LogP contribution in [0.5, 0.6) is 11.5 Å². The number of rotatable bonds is 6. The summed E-state index contributed by atoms with van der Waals surface area (Å²) in [6, 6.07) is 13.0. The molecule has 2 heterocycles. The molecule has 2 aromatic carbocycles. The predicted molar refractivity (Wildman–Crippen MR) is 116 cm³/mol. The number of nitrogens with one attached hydrogen (secondary N) is 2. The minimum atomic E-state index is -0.514. The lowest BCUT2D eigenvalue weighted by molar-refractivity contribution is -0.122. The number of fused-ring (bicyclic) bond motifs is 1. The second kappa shape index (κ2) is 8.54. The number of nitrogens with zero attached hydrogens (tertiary/aromatic N) is 1. The summed E-state index contributed by atoms with van der Waals surface area (Å²) in [4.78, 5) is 28.7. The number of carbonyl (C=O) groups is 2. The third-order valence-electron chi connectivity index (χ3n) is 4.56. The summed E-state index contributed by atoms with van der Waals surface area (Å²) in [7, 11) is 0. The van der Waals surface area contributed by atoms with Crippen LogP contribution in [-0.4, -0.2) is 29.5 Å². The first-order chi connectivity index (χ1) is 14.5. The molecule has 1 aliphatic rings. The molecular weight excluding hydrogens is 402 g/mol. The molecule has 0 bridgehead atoms. The summed E-state index contributed by atoms with van der Waals surface area (Å²) in [5.74, 6) is 1.10. The van der Waals surface area contributed by atoms with Crippen molar-refractivity contribution in [3.63, 3.8) is 0 Å². The number of carbonyl (C=O) groups excluding carboxylic acids is 2. The van der Waals surface area contributed by atoms with Crippen LogP contribution in [-0.2, 0) is 16.0 Å². The maximum absolute atomic E-state index is 12.4. The van der Waals surface area contributed by atoms with Gasteiger partial charge in [0.25, 0.3) is 5.91 Å². The molecule has 7 nitrogen and oxygen atoms in total. The minimum absolute atomic E-state index is 0.139. The highest BCUT2D eigenvalue weighted by atomic mass is 32.1. The van der Waals surface area contributed by atoms with Crippen LogP contribution >= 0.6 is 11.3 Å². The zero-order valence-corrected chi connectivity index (χ0v) is 17.4. The molecule has 0 aliphatic carbocycles. The van der Waals surface area contributed by atoms with Crippen molar-refractivity contribution in [3.8, 4) is 22.8 Å². The number of aromatic nitrogens is 1. The average Bonchev–Trinajstić information content (AvgIpc) is 3.18. The molecule has 1 aromatic heterocycles. The third kappa shape index (κ3) is 4.44. The van der Waals surface area contributed by atoms with E-state index >= 15 is 0 Å². The van der Waals surface area contributed by atoms with E-state index in [1.807, 2.05) is 54.8 Å². The SMILES string of the molecule is CCOc1ccc(CC(=O)Nc2nc(-c3ccc4c(c3)NC(=O)C(C)O4)cs2)cc1. The average molecular weight is 423 g/mol. The standard InChI is InChI=1S/C22H21N3O4S/c1-3-28-16-7-4-14(5-8-16)10-20(26)25-22-24-18(12-30-22)15-6-9-19-17(11-15)23-21(27)13(2)29-19/h4-9,11-13H,3,10H2,1-2H3,(H,23,27)(H,24,25,26). The highest BCUT2D eigenvalue weighted by Crippen LogP contribution is 2.34. The number of hydrogen-bond acceptors (Lipinski definition) is 6. The van der Waals surface area contributed by atoms with E-state index in [0.717, 1.165) is 16.9 Å². The molecule has 0 spiro atoms. The van der Waals surface area contributed by atoms with Crippen molar-refractivity contribution in [2.24, 2.45) is 0 Å². The maximum atomic E-state index is 12.4. The fraction of sp³-hybridized carbons (Fsp3) is 0.227. The van der Waals surface area contributed by atoms with Crippen LogP contribution in [0.15, 0.2) is 47.8 Å². The van der Waals surface area contributed by atoms with Crippen molar-refractivity contribution in [3.05, 3.63) is 53.4 Å². The van der Waals surface area contributed by atoms with Crippen LogP contribution in [0.4, 0.5) is 10.8 Å². The predicted octanol–water partition coefficient (Wildman–Crippen LogP) is 4.11. The molecule has 1 atom stereocenters. The van der Waals surface area contributed by atoms with Crippen molar-refractivity contribution >= 4 is 34.0 Å². The number of thiazole rings is 1. The third-order valence-corrected chi connectivity index (χ3v) is 5.31. The number of ether oxygens (including phenoxy) is 2. The Hall–Kier alpha value is -3.39. The van der Waals surface area contributed by atoms with Gasteiger partial charge in [-0.2, -0.15) is 0 Å². The molecule has 154 valence electrons. The monoisotopic (exact) mass is 423 g/mol. The quantitative estimate of drug-likeness (QED) is 0.623. The van der Waals surface area contributed by atoms with E-state index in [-0.39, 0.29) is 18.2 Å². The maximum Gasteiger partial charge on any atom is 0.265 e. The van der Waals surface area contributed by atoms with Gasteiger partial charge in [-0.05, 0) is 49.7 Å². The Morgan fingerprint density at radius 3 is 2.83 bits per heavy atom. The van der Waals surface area contributed by atoms with Gasteiger partial charge in [-0.15, -0.1) is 11.3 Å². The fourth-order valence-electron chi connectivity index (χ4n) is 3.05. The Bertz CT molecular complexity index is 1080. The molecule has 1 aliphatic heterocycles. The van der Waals surface area contributed by atoms with Gasteiger partial charge in [0, 0.05) is 10.9 Å². The van der Waals surface area contributed by atoms with Gasteiger partial charge in [0.2, 0.25) is 5.91 Å². The van der Waals surface area contributed by atoms with E-state index in [1.165, 1.54) is 11.3 Å². The smallest absolute Gasteiger partial charge is 0.265 e. The van der Waals surface area contributed by atoms with Gasteiger partial charge in [0.05, 0.1) is 24.4 Å². The van der Waals surface area contributed by atoms with Gasteiger partial charge in [-0.25, -0.2) is 4.98 Å². The lowest BCUT2D eigenvalue weighted by atomic mass is 10.1. The van der Waals surface area contributed by atoms with Crippen molar-refractivity contribution < 1.29 is 19.1 Å². The summed E-state index contributed by atoms with van der Waals surface area (Å²) in [6.45, 7) is 4.24. The van der Waals surface area contributed by atoms with E-state index in [1.54, 1.807) is 6.92 Å². The molecule has 30 heavy (non-hydrogen) atoms. The molecule has 2 N–H and O–H groups in total. The number of anilines is 2. The molecule has 1 unspecified atom stereocenters. The Labute approximate surface area is 178 Å². The van der Waals surface area contributed by atoms with Gasteiger partial charge in [-0.1, -0.05) is 12.1 Å². The molecule has 3 aromatic rings. The van der Waals surface area contributed by atoms with Crippen molar-refractivity contribution in [2.75, 3.05) is 17.2 Å². The normalized spacial score (nSPS) is 15.0. The molecule has 8 heteroatoms. The summed E-state index contributed by atoms with van der Waals surface area (Å²) < 4.78 is 11.0. The molecule has 0 fully saturated rings. The first-order valence-electron chi connectivity index (χ1n) is 9.61. The van der Waals surface area contributed by atoms with Crippen LogP contribution < -0.4 is 20.1 Å². The zero-order chi connectivity index (χ0) is 21.1. The van der Waals surface area contributed by atoms with Crippen molar-refractivity contribution in [2.45, 2.75) is 26.4 Å². The molecule has 0 saturated heterocycles. The number of hydrogen-bond donors (Lipinski definition) is 2. The van der Waals surface area contributed by atoms with Gasteiger partial charge in [0.1, 0.15) is 11.5 Å². The lowest BCUT2D eigenvalue weighted by Gasteiger charge is -2.23. The molecule has 4 rings (SSSR count). The largest absolute Gasteiger partial charge is 0.494 e. The van der Waals surface area contributed by atoms with Crippen molar-refractivity contribution in [1.82, 2.24) is 4.98 Å². The Morgan fingerprint density at radius 1 is 1.27 bits per heavy atom. The van der Waals surface area contributed by atoms with Crippen LogP contribution in [0.25, 0.3) is 11.3 Å². The van der Waals surface area contributed by atoms with E-state index in [4.69, 9.17) is 9.47 Å². The zero-order valence-electron chi connectivity index (χ0n) is 16.6. The molecule has 2 amide bonds. The van der Waals surface area contributed by atoms with E-state index in [0.29, 0.717) is 28.9 Å². The van der Waals surface area contributed by atoms with Crippen LogP contribution in [0.2, 0.25) is 0 Å². The summed E-state index contributed by atoms with van der Waals surface area (Å²) in [5, 5.41) is 8.05. The summed E-state index contributed by atoms with van der Waals surface area (Å²) in [5.41, 5.74) is 3.06. The Kier molecular flexibility index (Phi) is 5.67. The topological polar surface area (TPSA) is 89.5 Å². The van der Waals surface area contributed by atoms with Gasteiger partial charge < -0.3 is 20.1 Å². The minimum Gasteiger partial charge on any atom is -0.494 e. The lowest BCUT2D eigenvalue weighted by Crippen LogP contribution is -2.34. The van der Waals surface area contributed by atoms with Crippen LogP contribution in [0.1, 0.15) is 19.4 Å². The van der Waals surface area contributed by atoms with E-state index in [2.05, 4.69) is 15.6 Å².